The zero-order valence-electron chi connectivity index (χ0n) is 11.2. The lowest BCUT2D eigenvalue weighted by Crippen LogP contribution is -2.06. The smallest absolute Gasteiger partial charge is 0.333 e. The molecule has 0 aliphatic rings. The van der Waals surface area contributed by atoms with Crippen molar-refractivity contribution < 1.29 is 9.53 Å². The van der Waals surface area contributed by atoms with Crippen molar-refractivity contribution in [3.63, 3.8) is 0 Å². The molecule has 0 radical (unpaired) electrons. The summed E-state index contributed by atoms with van der Waals surface area (Å²) in [6, 6.07) is 0. The molecule has 0 N–H and O–H groups in total. The molecular formula is C14H24O2. The number of ether oxygens (including phenoxy) is 1. The van der Waals surface area contributed by atoms with Crippen molar-refractivity contribution in [1.82, 2.24) is 0 Å². The second-order valence-electron chi connectivity index (χ2n) is 4.41. The van der Waals surface area contributed by atoms with Crippen LogP contribution in [0.1, 0.15) is 47.5 Å². The number of carbonyl (C=O) groups excluding carboxylic acids is 1. The maximum atomic E-state index is 11.4. The Bertz CT molecular complexity index is 270. The van der Waals surface area contributed by atoms with Crippen LogP contribution in [0.4, 0.5) is 0 Å². The Morgan fingerprint density at radius 2 is 1.94 bits per heavy atom. The van der Waals surface area contributed by atoms with Gasteiger partial charge in [0.15, 0.2) is 0 Å². The van der Waals surface area contributed by atoms with E-state index in [1.165, 1.54) is 5.57 Å². The highest BCUT2D eigenvalue weighted by Gasteiger charge is 2.06. The lowest BCUT2D eigenvalue weighted by Gasteiger charge is -2.07. The lowest BCUT2D eigenvalue weighted by atomic mass is 10.0. The second kappa shape index (κ2) is 8.14. The van der Waals surface area contributed by atoms with E-state index in [-0.39, 0.29) is 5.97 Å². The predicted molar refractivity (Wildman–Crippen MR) is 68.2 cm³/mol. The summed E-state index contributed by atoms with van der Waals surface area (Å²) in [6.45, 7) is 10.4. The molecule has 0 bridgehead atoms. The van der Waals surface area contributed by atoms with Gasteiger partial charge < -0.3 is 4.74 Å². The van der Waals surface area contributed by atoms with Gasteiger partial charge in [-0.05, 0) is 46.5 Å². The third-order valence-corrected chi connectivity index (χ3v) is 2.31. The molecule has 0 unspecified atom stereocenters. The highest BCUT2D eigenvalue weighted by molar-refractivity contribution is 5.87. The average Bonchev–Trinajstić information content (AvgIpc) is 2.17. The molecule has 0 rings (SSSR count). The normalized spacial score (nSPS) is 13.2. The van der Waals surface area contributed by atoms with E-state index in [9.17, 15) is 4.79 Å². The van der Waals surface area contributed by atoms with Crippen molar-refractivity contribution in [2.75, 3.05) is 6.61 Å². The first-order chi connectivity index (χ1) is 7.47. The van der Waals surface area contributed by atoms with E-state index < -0.39 is 0 Å². The van der Waals surface area contributed by atoms with E-state index in [1.54, 1.807) is 0 Å². The minimum absolute atomic E-state index is 0.198. The summed E-state index contributed by atoms with van der Waals surface area (Å²) in [4.78, 5) is 11.4. The molecule has 0 fully saturated rings. The highest BCUT2D eigenvalue weighted by atomic mass is 16.5. The third-order valence-electron chi connectivity index (χ3n) is 2.31. The number of allylic oxidation sites excluding steroid dienone is 3. The van der Waals surface area contributed by atoms with Crippen LogP contribution in [0.15, 0.2) is 23.3 Å². The first kappa shape index (κ1) is 14.9. The van der Waals surface area contributed by atoms with Gasteiger partial charge in [0.1, 0.15) is 0 Å². The van der Waals surface area contributed by atoms with Crippen molar-refractivity contribution >= 4 is 5.97 Å². The van der Waals surface area contributed by atoms with Gasteiger partial charge in [0.2, 0.25) is 0 Å². The molecule has 2 heteroatoms. The summed E-state index contributed by atoms with van der Waals surface area (Å²) in [5, 5.41) is 0. The fourth-order valence-electron chi connectivity index (χ4n) is 1.46. The SMILES string of the molecule is CCOC(=O)/C(C)=C/[C@H](C)CCC=C(C)C. The molecule has 1 atom stereocenters. The van der Waals surface area contributed by atoms with Crippen LogP contribution in [0.3, 0.4) is 0 Å². The Hall–Kier alpha value is -1.05. The largest absolute Gasteiger partial charge is 0.463 e. The summed E-state index contributed by atoms with van der Waals surface area (Å²) in [6.07, 6.45) is 6.36. The van der Waals surface area contributed by atoms with Crippen LogP contribution in [0.5, 0.6) is 0 Å². The van der Waals surface area contributed by atoms with Crippen LogP contribution in [0.2, 0.25) is 0 Å². The Kier molecular flexibility index (Phi) is 7.61. The third kappa shape index (κ3) is 7.27. The molecule has 2 nitrogen and oxygen atoms in total. The van der Waals surface area contributed by atoms with Crippen molar-refractivity contribution in [2.24, 2.45) is 5.92 Å². The molecule has 0 aliphatic heterocycles. The van der Waals surface area contributed by atoms with E-state index in [1.807, 2.05) is 19.9 Å². The van der Waals surface area contributed by atoms with Gasteiger partial charge in [-0.3, -0.25) is 0 Å². The molecular weight excluding hydrogens is 200 g/mol. The van der Waals surface area contributed by atoms with Gasteiger partial charge in [-0.1, -0.05) is 24.6 Å². The van der Waals surface area contributed by atoms with E-state index >= 15 is 0 Å². The minimum atomic E-state index is -0.198. The van der Waals surface area contributed by atoms with Gasteiger partial charge in [-0.15, -0.1) is 0 Å². The fourth-order valence-corrected chi connectivity index (χ4v) is 1.46. The van der Waals surface area contributed by atoms with Crippen LogP contribution in [-0.4, -0.2) is 12.6 Å². The number of esters is 1. The van der Waals surface area contributed by atoms with Gasteiger partial charge in [0.25, 0.3) is 0 Å². The van der Waals surface area contributed by atoms with Crippen molar-refractivity contribution in [3.05, 3.63) is 23.3 Å². The maximum Gasteiger partial charge on any atom is 0.333 e. The quantitative estimate of drug-likeness (QED) is 0.389. The Morgan fingerprint density at radius 1 is 1.31 bits per heavy atom. The Labute approximate surface area is 99.4 Å². The molecule has 0 aromatic rings. The topological polar surface area (TPSA) is 26.3 Å². The molecule has 16 heavy (non-hydrogen) atoms. The van der Waals surface area contributed by atoms with Gasteiger partial charge in [0, 0.05) is 5.57 Å². The molecule has 0 spiro atoms. The molecule has 0 aliphatic carbocycles. The lowest BCUT2D eigenvalue weighted by molar-refractivity contribution is -0.138. The van der Waals surface area contributed by atoms with Crippen molar-refractivity contribution in [1.29, 1.82) is 0 Å². The molecule has 0 heterocycles. The monoisotopic (exact) mass is 224 g/mol. The minimum Gasteiger partial charge on any atom is -0.463 e. The Balaban J connectivity index is 4.10. The van der Waals surface area contributed by atoms with Gasteiger partial charge in [0.05, 0.1) is 6.61 Å². The highest BCUT2D eigenvalue weighted by Crippen LogP contribution is 2.12. The van der Waals surface area contributed by atoms with Gasteiger partial charge >= 0.3 is 5.97 Å². The van der Waals surface area contributed by atoms with Gasteiger partial charge in [-0.2, -0.15) is 0 Å². The maximum absolute atomic E-state index is 11.4. The number of carbonyl (C=O) groups is 1. The van der Waals surface area contributed by atoms with Crippen LogP contribution < -0.4 is 0 Å². The van der Waals surface area contributed by atoms with Crippen LogP contribution in [0.25, 0.3) is 0 Å². The van der Waals surface area contributed by atoms with Gasteiger partial charge in [-0.25, -0.2) is 4.79 Å². The zero-order valence-corrected chi connectivity index (χ0v) is 11.2. The molecule has 0 aromatic heterocycles. The van der Waals surface area contributed by atoms with Crippen molar-refractivity contribution in [3.8, 4) is 0 Å². The summed E-state index contributed by atoms with van der Waals surface area (Å²) in [5.41, 5.74) is 2.06. The summed E-state index contributed by atoms with van der Waals surface area (Å²) < 4.78 is 4.93. The molecule has 0 amide bonds. The van der Waals surface area contributed by atoms with E-state index in [4.69, 9.17) is 4.74 Å². The average molecular weight is 224 g/mol. The fraction of sp³-hybridized carbons (Fsp3) is 0.643. The zero-order chi connectivity index (χ0) is 12.6. The van der Waals surface area contributed by atoms with Crippen LogP contribution >= 0.6 is 0 Å². The summed E-state index contributed by atoms with van der Waals surface area (Å²) >= 11 is 0. The number of rotatable bonds is 6. The first-order valence-corrected chi connectivity index (χ1v) is 5.96. The predicted octanol–water partition coefficient (Wildman–Crippen LogP) is 3.88. The number of hydrogen-bond donors (Lipinski definition) is 0. The van der Waals surface area contributed by atoms with E-state index in [0.29, 0.717) is 18.1 Å². The Morgan fingerprint density at radius 3 is 2.44 bits per heavy atom. The van der Waals surface area contributed by atoms with E-state index in [0.717, 1.165) is 12.8 Å². The van der Waals surface area contributed by atoms with Crippen LogP contribution in [0, 0.1) is 5.92 Å². The molecule has 0 saturated heterocycles. The van der Waals surface area contributed by atoms with Crippen molar-refractivity contribution in [2.45, 2.75) is 47.5 Å². The summed E-state index contributed by atoms with van der Waals surface area (Å²) in [5.74, 6) is 0.219. The first-order valence-electron chi connectivity index (χ1n) is 5.96. The number of hydrogen-bond acceptors (Lipinski definition) is 2. The second-order valence-corrected chi connectivity index (χ2v) is 4.41. The molecule has 92 valence electrons. The standard InChI is InChI=1S/C14H24O2/c1-6-16-14(15)13(5)10-12(4)9-7-8-11(2)3/h8,10,12H,6-7,9H2,1-5H3/b13-10+/t12-/m1/s1. The summed E-state index contributed by atoms with van der Waals surface area (Å²) in [7, 11) is 0. The van der Waals surface area contributed by atoms with Crippen LogP contribution in [-0.2, 0) is 9.53 Å². The van der Waals surface area contributed by atoms with E-state index in [2.05, 4.69) is 26.8 Å². The molecule has 0 aromatic carbocycles. The molecule has 0 saturated carbocycles.